The summed E-state index contributed by atoms with van der Waals surface area (Å²) in [6.45, 7) is 1.40. The molecule has 2 aliphatic heterocycles. The molecule has 12 heteroatoms. The van der Waals surface area contributed by atoms with Gasteiger partial charge >= 0.3 is 0 Å². The van der Waals surface area contributed by atoms with E-state index in [9.17, 15) is 9.59 Å². The molecular weight excluding hydrogens is 558 g/mol. The number of fused-ring (bicyclic) bond motifs is 3. The lowest BCUT2D eigenvalue weighted by Crippen LogP contribution is -2.56. The number of hydrogen-bond donors (Lipinski definition) is 1. The van der Waals surface area contributed by atoms with Crippen LogP contribution in [0.25, 0.3) is 22.6 Å². The van der Waals surface area contributed by atoms with Crippen molar-refractivity contribution in [1.29, 1.82) is 0 Å². The molecule has 222 valence electrons. The second kappa shape index (κ2) is 10.6. The first-order chi connectivity index (χ1) is 21.5. The highest BCUT2D eigenvalue weighted by molar-refractivity contribution is 5.96. The number of nitrogens with zero attached hydrogens (tertiary/aromatic N) is 8. The molecule has 3 atom stereocenters. The quantitative estimate of drug-likeness (QED) is 0.300. The van der Waals surface area contributed by atoms with Gasteiger partial charge < -0.3 is 14.6 Å². The van der Waals surface area contributed by atoms with Gasteiger partial charge in [-0.25, -0.2) is 4.98 Å². The van der Waals surface area contributed by atoms with Gasteiger partial charge in [-0.05, 0) is 66.8 Å². The number of pyridine rings is 1. The number of anilines is 1. The van der Waals surface area contributed by atoms with Gasteiger partial charge in [-0.15, -0.1) is 10.2 Å². The summed E-state index contributed by atoms with van der Waals surface area (Å²) in [6.07, 6.45) is 5.36. The number of rotatable bonds is 7. The van der Waals surface area contributed by atoms with Crippen LogP contribution in [-0.4, -0.2) is 77.0 Å². The molecule has 3 aromatic heterocycles. The number of carbonyl (C=O) groups excluding carboxylic acids is 2. The number of likely N-dealkylation sites (tertiary alicyclic amines) is 1. The van der Waals surface area contributed by atoms with E-state index in [1.165, 1.54) is 4.80 Å². The standard InChI is InChI=1S/C32H31N9O3/c1-39-37-29(36-38-39)28(19-5-3-2-4-6-19)40-17-23-10-11-24(18-40)41(23)32(43)26-15-21(13-14-33-26)31-35-25-16-22(9-12-27(25)44-31)34-30(42)20-7-8-20/h2-6,9,12-16,20,23-24,28H,7-8,10-11,17-18H2,1H3,(H,34,42). The largest absolute Gasteiger partial charge is 0.436 e. The monoisotopic (exact) mass is 589 g/mol. The van der Waals surface area contributed by atoms with Crippen LogP contribution in [-0.2, 0) is 11.8 Å². The number of aryl methyl sites for hydroxylation is 1. The molecule has 0 radical (unpaired) electrons. The topological polar surface area (TPSA) is 135 Å². The predicted octanol–water partition coefficient (Wildman–Crippen LogP) is 3.84. The zero-order valence-corrected chi connectivity index (χ0v) is 24.2. The molecular formula is C32H31N9O3. The van der Waals surface area contributed by atoms with Crippen molar-refractivity contribution < 1.29 is 14.0 Å². The summed E-state index contributed by atoms with van der Waals surface area (Å²) < 4.78 is 6.03. The van der Waals surface area contributed by atoms with Crippen LogP contribution in [0.1, 0.15) is 53.6 Å². The first-order valence-corrected chi connectivity index (χ1v) is 15.0. The molecule has 5 aromatic rings. The molecule has 5 heterocycles. The van der Waals surface area contributed by atoms with E-state index in [0.717, 1.165) is 31.2 Å². The molecule has 44 heavy (non-hydrogen) atoms. The molecule has 3 unspecified atom stereocenters. The van der Waals surface area contributed by atoms with Crippen LogP contribution in [0, 0.1) is 5.92 Å². The zero-order chi connectivity index (χ0) is 29.8. The maximum Gasteiger partial charge on any atom is 0.273 e. The minimum absolute atomic E-state index is 0.0427. The van der Waals surface area contributed by atoms with E-state index in [0.29, 0.717) is 52.8 Å². The molecule has 2 bridgehead atoms. The molecule has 2 amide bonds. The SMILES string of the molecule is Cn1nnc(C(c2ccccc2)N2CC3CCC(C2)N3C(=O)c2cc(-c3nc4cc(NC(=O)C5CC5)ccc4o3)ccn2)n1. The number of piperazine rings is 1. The van der Waals surface area contributed by atoms with Gasteiger partial charge in [-0.3, -0.25) is 19.5 Å². The summed E-state index contributed by atoms with van der Waals surface area (Å²) in [5.41, 5.74) is 4.07. The van der Waals surface area contributed by atoms with Crippen molar-refractivity contribution >= 4 is 28.6 Å². The fourth-order valence-electron chi connectivity index (χ4n) is 6.58. The molecule has 2 aromatic carbocycles. The third kappa shape index (κ3) is 4.90. The van der Waals surface area contributed by atoms with Crippen molar-refractivity contribution in [2.45, 2.75) is 43.8 Å². The minimum atomic E-state index is -0.145. The predicted molar refractivity (Wildman–Crippen MR) is 160 cm³/mol. The Morgan fingerprint density at radius 3 is 2.50 bits per heavy atom. The summed E-state index contributed by atoms with van der Waals surface area (Å²) in [5, 5.41) is 15.9. The first kappa shape index (κ1) is 26.6. The number of amides is 2. The Kier molecular flexibility index (Phi) is 6.44. The van der Waals surface area contributed by atoms with Crippen LogP contribution in [0.3, 0.4) is 0 Å². The highest BCUT2D eigenvalue weighted by atomic mass is 16.3. The van der Waals surface area contributed by atoms with Crippen molar-refractivity contribution in [2.24, 2.45) is 13.0 Å². The van der Waals surface area contributed by atoms with Crippen LogP contribution in [0.4, 0.5) is 5.69 Å². The maximum atomic E-state index is 14.0. The number of tetrazole rings is 1. The third-order valence-corrected chi connectivity index (χ3v) is 8.82. The number of hydrogen-bond acceptors (Lipinski definition) is 9. The van der Waals surface area contributed by atoms with Crippen LogP contribution >= 0.6 is 0 Å². The average Bonchev–Trinajstić information content (AvgIpc) is 3.60. The van der Waals surface area contributed by atoms with E-state index in [-0.39, 0.29) is 35.9 Å². The zero-order valence-electron chi connectivity index (χ0n) is 24.2. The number of oxazole rings is 1. The Morgan fingerprint density at radius 2 is 1.77 bits per heavy atom. The Hall–Kier alpha value is -4.97. The lowest BCUT2D eigenvalue weighted by Gasteiger charge is -2.43. The molecule has 12 nitrogen and oxygen atoms in total. The molecule has 3 aliphatic rings. The molecule has 3 fully saturated rings. The van der Waals surface area contributed by atoms with E-state index in [4.69, 9.17) is 4.42 Å². The Labute approximate surface area is 253 Å². The second-order valence-corrected chi connectivity index (χ2v) is 11.9. The van der Waals surface area contributed by atoms with Crippen molar-refractivity contribution in [3.05, 3.63) is 83.9 Å². The normalized spacial score (nSPS) is 20.6. The highest BCUT2D eigenvalue weighted by Crippen LogP contribution is 2.37. The van der Waals surface area contributed by atoms with Gasteiger partial charge in [0.25, 0.3) is 5.91 Å². The van der Waals surface area contributed by atoms with Crippen LogP contribution in [0.15, 0.2) is 71.3 Å². The van der Waals surface area contributed by atoms with Gasteiger partial charge in [0.15, 0.2) is 11.4 Å². The van der Waals surface area contributed by atoms with Gasteiger partial charge in [0, 0.05) is 48.5 Å². The molecule has 1 N–H and O–H groups in total. The molecule has 1 saturated carbocycles. The highest BCUT2D eigenvalue weighted by Gasteiger charge is 2.45. The number of nitrogens with one attached hydrogen (secondary N) is 1. The van der Waals surface area contributed by atoms with Crippen molar-refractivity contribution in [2.75, 3.05) is 18.4 Å². The molecule has 0 spiro atoms. The Balaban J connectivity index is 1.02. The summed E-state index contributed by atoms with van der Waals surface area (Å²) in [4.78, 5) is 41.1. The fourth-order valence-corrected chi connectivity index (χ4v) is 6.58. The van der Waals surface area contributed by atoms with Gasteiger partial charge in [0.05, 0.1) is 13.1 Å². The van der Waals surface area contributed by atoms with Crippen molar-refractivity contribution in [3.63, 3.8) is 0 Å². The van der Waals surface area contributed by atoms with Gasteiger partial charge in [0.2, 0.25) is 11.8 Å². The number of carbonyl (C=O) groups is 2. The van der Waals surface area contributed by atoms with E-state index in [1.807, 2.05) is 35.2 Å². The van der Waals surface area contributed by atoms with Crippen LogP contribution in [0.5, 0.6) is 0 Å². The summed E-state index contributed by atoms with van der Waals surface area (Å²) in [6, 6.07) is 19.1. The molecule has 8 rings (SSSR count). The summed E-state index contributed by atoms with van der Waals surface area (Å²) in [5.74, 6) is 1.13. The Morgan fingerprint density at radius 1 is 0.977 bits per heavy atom. The van der Waals surface area contributed by atoms with Crippen molar-refractivity contribution in [3.8, 4) is 11.5 Å². The van der Waals surface area contributed by atoms with Crippen LogP contribution < -0.4 is 5.32 Å². The fraction of sp³-hybridized carbons (Fsp3) is 0.344. The second-order valence-electron chi connectivity index (χ2n) is 11.9. The lowest BCUT2D eigenvalue weighted by atomic mass is 10.0. The van der Waals surface area contributed by atoms with E-state index < -0.39 is 0 Å². The molecule has 2 saturated heterocycles. The smallest absolute Gasteiger partial charge is 0.273 e. The molecule has 1 aliphatic carbocycles. The van der Waals surface area contributed by atoms with Gasteiger partial charge in [-0.2, -0.15) is 4.80 Å². The number of aromatic nitrogens is 6. The van der Waals surface area contributed by atoms with Crippen molar-refractivity contribution in [1.82, 2.24) is 40.0 Å². The number of benzene rings is 2. The Bertz CT molecular complexity index is 1850. The van der Waals surface area contributed by atoms with Gasteiger partial charge in [-0.1, -0.05) is 30.3 Å². The average molecular weight is 590 g/mol. The van der Waals surface area contributed by atoms with E-state index >= 15 is 0 Å². The third-order valence-electron chi connectivity index (χ3n) is 8.82. The minimum Gasteiger partial charge on any atom is -0.436 e. The maximum absolute atomic E-state index is 14.0. The first-order valence-electron chi connectivity index (χ1n) is 15.0. The lowest BCUT2D eigenvalue weighted by molar-refractivity contribution is -0.117. The summed E-state index contributed by atoms with van der Waals surface area (Å²) >= 11 is 0. The van der Waals surface area contributed by atoms with Crippen LogP contribution in [0.2, 0.25) is 0 Å². The van der Waals surface area contributed by atoms with E-state index in [2.05, 4.69) is 47.7 Å². The van der Waals surface area contributed by atoms with Gasteiger partial charge in [0.1, 0.15) is 11.2 Å². The summed E-state index contributed by atoms with van der Waals surface area (Å²) in [7, 11) is 1.77. The van der Waals surface area contributed by atoms with E-state index in [1.54, 1.807) is 31.4 Å².